The first kappa shape index (κ1) is 25.7. The van der Waals surface area contributed by atoms with E-state index in [4.69, 9.17) is 4.74 Å². The van der Waals surface area contributed by atoms with Crippen molar-refractivity contribution in [1.82, 2.24) is 0 Å². The minimum atomic E-state index is -0.977. The highest BCUT2D eigenvalue weighted by molar-refractivity contribution is 5.96. The van der Waals surface area contributed by atoms with Crippen molar-refractivity contribution in [2.45, 2.75) is 25.7 Å². The second-order valence-electron chi connectivity index (χ2n) is 9.12. The lowest BCUT2D eigenvalue weighted by Crippen LogP contribution is -2.34. The second kappa shape index (κ2) is 11.6. The Morgan fingerprint density at radius 2 is 0.892 bits per heavy atom. The summed E-state index contributed by atoms with van der Waals surface area (Å²) in [5.41, 5.74) is 1.07. The fourth-order valence-electron chi connectivity index (χ4n) is 4.57. The Labute approximate surface area is 213 Å². The van der Waals surface area contributed by atoms with Crippen molar-refractivity contribution in [1.29, 1.82) is 0 Å². The number of ether oxygens (including phenoxy) is 1. The smallest absolute Gasteiger partial charge is 0.307 e. The highest BCUT2D eigenvalue weighted by Gasteiger charge is 2.35. The SMILES string of the molecule is O=C(O)C1CC=CCC1C(=O)Nc1ccc(Oc2ccc(NC(=O)C3CC=CCC3C(=O)O)cc2)cc1. The Balaban J connectivity index is 1.32. The van der Waals surface area contributed by atoms with Gasteiger partial charge in [-0.1, -0.05) is 24.3 Å². The Morgan fingerprint density at radius 1 is 0.568 bits per heavy atom. The summed E-state index contributed by atoms with van der Waals surface area (Å²) >= 11 is 0. The lowest BCUT2D eigenvalue weighted by Gasteiger charge is -2.24. The van der Waals surface area contributed by atoms with Gasteiger partial charge < -0.3 is 25.6 Å². The average molecular weight is 505 g/mol. The maximum absolute atomic E-state index is 12.6. The third-order valence-corrected chi connectivity index (χ3v) is 6.65. The summed E-state index contributed by atoms with van der Waals surface area (Å²) in [5, 5.41) is 24.3. The molecule has 2 aromatic rings. The van der Waals surface area contributed by atoms with Gasteiger partial charge in [0.2, 0.25) is 11.8 Å². The summed E-state index contributed by atoms with van der Waals surface area (Å²) in [6.45, 7) is 0. The molecule has 0 fully saturated rings. The summed E-state index contributed by atoms with van der Waals surface area (Å²) in [5.74, 6) is -4.29. The third-order valence-electron chi connectivity index (χ3n) is 6.65. The van der Waals surface area contributed by atoms with E-state index < -0.39 is 35.6 Å². The van der Waals surface area contributed by atoms with Crippen LogP contribution in [-0.4, -0.2) is 34.0 Å². The van der Waals surface area contributed by atoms with E-state index in [2.05, 4.69) is 10.6 Å². The van der Waals surface area contributed by atoms with Gasteiger partial charge >= 0.3 is 11.9 Å². The minimum absolute atomic E-state index is 0.332. The fraction of sp³-hybridized carbons (Fsp3) is 0.286. The molecule has 4 atom stereocenters. The molecule has 0 spiro atoms. The molecule has 9 heteroatoms. The number of anilines is 2. The molecule has 0 saturated carbocycles. The Hall–Kier alpha value is -4.40. The van der Waals surface area contributed by atoms with Gasteiger partial charge in [0.1, 0.15) is 11.5 Å². The number of benzene rings is 2. The molecule has 0 bridgehead atoms. The predicted octanol–water partition coefficient (Wildman–Crippen LogP) is 4.69. The van der Waals surface area contributed by atoms with Crippen molar-refractivity contribution in [2.24, 2.45) is 23.7 Å². The van der Waals surface area contributed by atoms with E-state index in [1.54, 1.807) is 60.7 Å². The maximum Gasteiger partial charge on any atom is 0.307 e. The summed E-state index contributed by atoms with van der Waals surface area (Å²) in [7, 11) is 0. The molecule has 0 aliphatic heterocycles. The number of carbonyl (C=O) groups is 4. The molecular formula is C28H28N2O7. The highest BCUT2D eigenvalue weighted by atomic mass is 16.5. The molecule has 4 unspecified atom stereocenters. The zero-order valence-corrected chi connectivity index (χ0v) is 20.0. The molecule has 4 rings (SSSR count). The highest BCUT2D eigenvalue weighted by Crippen LogP contribution is 2.30. The van der Waals surface area contributed by atoms with Crippen LogP contribution in [0.1, 0.15) is 25.7 Å². The largest absolute Gasteiger partial charge is 0.481 e. The van der Waals surface area contributed by atoms with Crippen LogP contribution in [0.3, 0.4) is 0 Å². The number of rotatable bonds is 8. The number of carboxylic acids is 2. The molecule has 0 heterocycles. The van der Waals surface area contributed by atoms with Gasteiger partial charge in [0, 0.05) is 11.4 Å². The number of carbonyl (C=O) groups excluding carboxylic acids is 2. The molecule has 0 radical (unpaired) electrons. The number of carboxylic acid groups (broad SMARTS) is 2. The molecule has 0 saturated heterocycles. The molecule has 2 aliphatic carbocycles. The van der Waals surface area contributed by atoms with Gasteiger partial charge in [-0.2, -0.15) is 0 Å². The Morgan fingerprint density at radius 3 is 1.22 bits per heavy atom. The maximum atomic E-state index is 12.6. The number of aliphatic carboxylic acids is 2. The zero-order valence-electron chi connectivity index (χ0n) is 20.0. The monoisotopic (exact) mass is 504 g/mol. The Kier molecular flexibility index (Phi) is 8.02. The molecule has 9 nitrogen and oxygen atoms in total. The number of hydrogen-bond acceptors (Lipinski definition) is 5. The second-order valence-corrected chi connectivity index (χ2v) is 9.12. The topological polar surface area (TPSA) is 142 Å². The molecule has 37 heavy (non-hydrogen) atoms. The summed E-state index contributed by atoms with van der Waals surface area (Å²) in [4.78, 5) is 48.1. The summed E-state index contributed by atoms with van der Waals surface area (Å²) in [6, 6.07) is 13.4. The van der Waals surface area contributed by atoms with E-state index in [1.165, 1.54) is 0 Å². The third kappa shape index (κ3) is 6.43. The van der Waals surface area contributed by atoms with Gasteiger partial charge in [-0.3, -0.25) is 19.2 Å². The van der Waals surface area contributed by atoms with Gasteiger partial charge in [-0.25, -0.2) is 0 Å². The average Bonchev–Trinajstić information content (AvgIpc) is 2.90. The van der Waals surface area contributed by atoms with Crippen LogP contribution in [0.5, 0.6) is 11.5 Å². The normalized spacial score (nSPS) is 22.6. The van der Waals surface area contributed by atoms with Gasteiger partial charge in [-0.05, 0) is 74.2 Å². The lowest BCUT2D eigenvalue weighted by atomic mass is 9.82. The first-order chi connectivity index (χ1) is 17.8. The number of amides is 2. The van der Waals surface area contributed by atoms with Crippen LogP contribution >= 0.6 is 0 Å². The molecule has 192 valence electrons. The van der Waals surface area contributed by atoms with Gasteiger partial charge in [0.15, 0.2) is 0 Å². The number of allylic oxidation sites excluding steroid dienone is 4. The van der Waals surface area contributed by atoms with E-state index in [9.17, 15) is 29.4 Å². The number of hydrogen-bond donors (Lipinski definition) is 4. The molecule has 2 aliphatic rings. The summed E-state index contributed by atoms with van der Waals surface area (Å²) in [6.07, 6.45) is 8.69. The zero-order chi connectivity index (χ0) is 26.4. The van der Waals surface area contributed by atoms with Crippen LogP contribution in [0.2, 0.25) is 0 Å². The molecule has 2 aromatic carbocycles. The molecule has 0 aromatic heterocycles. The predicted molar refractivity (Wildman–Crippen MR) is 136 cm³/mol. The molecule has 4 N–H and O–H groups in total. The van der Waals surface area contributed by atoms with E-state index in [0.717, 1.165) is 0 Å². The van der Waals surface area contributed by atoms with E-state index in [0.29, 0.717) is 48.6 Å². The van der Waals surface area contributed by atoms with Crippen LogP contribution in [0.15, 0.2) is 72.8 Å². The quantitative estimate of drug-likeness (QED) is 0.382. The first-order valence-corrected chi connectivity index (χ1v) is 12.1. The lowest BCUT2D eigenvalue weighted by molar-refractivity contribution is -0.146. The van der Waals surface area contributed by atoms with E-state index >= 15 is 0 Å². The Bertz CT molecular complexity index is 1120. The van der Waals surface area contributed by atoms with Gasteiger partial charge in [-0.15, -0.1) is 0 Å². The van der Waals surface area contributed by atoms with Crippen molar-refractivity contribution in [3.05, 3.63) is 72.8 Å². The first-order valence-electron chi connectivity index (χ1n) is 12.1. The van der Waals surface area contributed by atoms with Crippen LogP contribution in [0.25, 0.3) is 0 Å². The van der Waals surface area contributed by atoms with Crippen molar-refractivity contribution in [3.8, 4) is 11.5 Å². The van der Waals surface area contributed by atoms with Crippen LogP contribution < -0.4 is 15.4 Å². The molecular weight excluding hydrogens is 476 g/mol. The van der Waals surface area contributed by atoms with Crippen molar-refractivity contribution >= 4 is 35.1 Å². The fourth-order valence-corrected chi connectivity index (χ4v) is 4.57. The van der Waals surface area contributed by atoms with Crippen molar-refractivity contribution < 1.29 is 34.1 Å². The molecule has 2 amide bonds. The van der Waals surface area contributed by atoms with Crippen LogP contribution in [0, 0.1) is 23.7 Å². The van der Waals surface area contributed by atoms with Crippen LogP contribution in [0.4, 0.5) is 11.4 Å². The summed E-state index contributed by atoms with van der Waals surface area (Å²) < 4.78 is 5.83. The number of nitrogens with one attached hydrogen (secondary N) is 2. The van der Waals surface area contributed by atoms with Crippen molar-refractivity contribution in [2.75, 3.05) is 10.6 Å². The van der Waals surface area contributed by atoms with Crippen LogP contribution in [-0.2, 0) is 19.2 Å². The standard InChI is InChI=1S/C28H28N2O7/c31-25(21-5-1-3-7-23(21)27(33)34)29-17-9-13-19(14-10-17)37-20-15-11-18(12-16-20)30-26(32)22-6-2-4-8-24(22)28(35)36/h1-4,9-16,21-24H,5-8H2,(H,29,31)(H,30,32)(H,33,34)(H,35,36). The van der Waals surface area contributed by atoms with Crippen molar-refractivity contribution in [3.63, 3.8) is 0 Å². The van der Waals surface area contributed by atoms with E-state index in [-0.39, 0.29) is 11.8 Å². The minimum Gasteiger partial charge on any atom is -0.481 e. The van der Waals surface area contributed by atoms with E-state index in [1.807, 2.05) is 12.2 Å². The van der Waals surface area contributed by atoms with Gasteiger partial charge in [0.05, 0.1) is 23.7 Å². The van der Waals surface area contributed by atoms with Gasteiger partial charge in [0.25, 0.3) is 0 Å².